The van der Waals surface area contributed by atoms with Crippen molar-refractivity contribution in [2.75, 3.05) is 6.61 Å². The molecule has 6 nitrogen and oxygen atoms in total. The molecule has 1 aromatic heterocycles. The fraction of sp³-hybridized carbons (Fsp3) is 0.412. The number of benzene rings is 1. The monoisotopic (exact) mass is 315 g/mol. The zero-order chi connectivity index (χ0) is 16.4. The summed E-state index contributed by atoms with van der Waals surface area (Å²) in [6.45, 7) is 4.64. The van der Waals surface area contributed by atoms with Gasteiger partial charge in [-0.3, -0.25) is 4.79 Å². The Balaban J connectivity index is 1.76. The molecule has 0 fully saturated rings. The van der Waals surface area contributed by atoms with E-state index in [4.69, 9.17) is 9.47 Å². The molecule has 2 heterocycles. The van der Waals surface area contributed by atoms with Gasteiger partial charge in [0.15, 0.2) is 11.5 Å². The number of ether oxygens (including phenoxy) is 2. The van der Waals surface area contributed by atoms with Gasteiger partial charge >= 0.3 is 0 Å². The summed E-state index contributed by atoms with van der Waals surface area (Å²) in [5, 5.41) is 0. The fourth-order valence-corrected chi connectivity index (χ4v) is 2.54. The first-order valence-corrected chi connectivity index (χ1v) is 7.71. The second-order valence-electron chi connectivity index (χ2n) is 5.88. The van der Waals surface area contributed by atoms with Crippen LogP contribution in [0.1, 0.15) is 19.7 Å². The number of hydrogen-bond acceptors (Lipinski definition) is 4. The SMILES string of the molecule is CC(C)N(Cc1nccn1C)C(=O)C1COc2ccccc2O1. The molecule has 0 bridgehead atoms. The van der Waals surface area contributed by atoms with E-state index in [9.17, 15) is 4.79 Å². The second-order valence-corrected chi connectivity index (χ2v) is 5.88. The molecule has 0 aliphatic carbocycles. The van der Waals surface area contributed by atoms with Crippen molar-refractivity contribution in [2.24, 2.45) is 7.05 Å². The minimum atomic E-state index is -0.632. The summed E-state index contributed by atoms with van der Waals surface area (Å²) in [6, 6.07) is 7.44. The molecule has 6 heteroatoms. The standard InChI is InChI=1S/C17H21N3O3/c1-12(2)20(10-16-18-8-9-19(16)3)17(21)15-11-22-13-6-4-5-7-14(13)23-15/h4-9,12,15H,10-11H2,1-3H3. The van der Waals surface area contributed by atoms with Crippen molar-refractivity contribution in [1.82, 2.24) is 14.5 Å². The average Bonchev–Trinajstić information content (AvgIpc) is 2.96. The number of imidazole rings is 1. The Bertz CT molecular complexity index is 696. The Hall–Kier alpha value is -2.50. The molecule has 1 aliphatic heterocycles. The largest absolute Gasteiger partial charge is 0.485 e. The van der Waals surface area contributed by atoms with Crippen LogP contribution in [-0.4, -0.2) is 39.1 Å². The number of para-hydroxylation sites is 2. The molecule has 1 aromatic carbocycles. The van der Waals surface area contributed by atoms with Crippen LogP contribution >= 0.6 is 0 Å². The van der Waals surface area contributed by atoms with Gasteiger partial charge in [-0.25, -0.2) is 4.98 Å². The molecule has 23 heavy (non-hydrogen) atoms. The Labute approximate surface area is 135 Å². The van der Waals surface area contributed by atoms with Gasteiger partial charge in [0.1, 0.15) is 12.4 Å². The number of fused-ring (bicyclic) bond motifs is 1. The lowest BCUT2D eigenvalue weighted by Crippen LogP contribution is -2.48. The van der Waals surface area contributed by atoms with Crippen LogP contribution in [0.25, 0.3) is 0 Å². The summed E-state index contributed by atoms with van der Waals surface area (Å²) in [5.74, 6) is 2.04. The Morgan fingerprint density at radius 2 is 2.13 bits per heavy atom. The molecule has 1 amide bonds. The molecule has 0 spiro atoms. The highest BCUT2D eigenvalue weighted by Gasteiger charge is 2.32. The van der Waals surface area contributed by atoms with E-state index in [0.29, 0.717) is 18.0 Å². The van der Waals surface area contributed by atoms with Crippen LogP contribution in [0.5, 0.6) is 11.5 Å². The number of aryl methyl sites for hydroxylation is 1. The van der Waals surface area contributed by atoms with Gasteiger partial charge in [-0.1, -0.05) is 12.1 Å². The molecule has 2 aromatic rings. The van der Waals surface area contributed by atoms with Gasteiger partial charge in [-0.15, -0.1) is 0 Å². The summed E-state index contributed by atoms with van der Waals surface area (Å²) in [4.78, 5) is 18.9. The normalized spacial score (nSPS) is 16.4. The van der Waals surface area contributed by atoms with Gasteiger partial charge in [0.05, 0.1) is 6.54 Å². The number of hydrogen-bond donors (Lipinski definition) is 0. The van der Waals surface area contributed by atoms with Gasteiger partial charge in [-0.2, -0.15) is 0 Å². The third kappa shape index (κ3) is 3.16. The number of carbonyl (C=O) groups excluding carboxylic acids is 1. The molecule has 122 valence electrons. The Kier molecular flexibility index (Phi) is 4.23. The van der Waals surface area contributed by atoms with Gasteiger partial charge in [0.25, 0.3) is 5.91 Å². The van der Waals surface area contributed by atoms with E-state index in [-0.39, 0.29) is 18.6 Å². The zero-order valence-electron chi connectivity index (χ0n) is 13.6. The molecule has 0 saturated heterocycles. The lowest BCUT2D eigenvalue weighted by molar-refractivity contribution is -0.143. The maximum absolute atomic E-state index is 12.9. The van der Waals surface area contributed by atoms with E-state index in [0.717, 1.165) is 5.82 Å². The quantitative estimate of drug-likeness (QED) is 0.866. The molecule has 0 radical (unpaired) electrons. The lowest BCUT2D eigenvalue weighted by atomic mass is 10.2. The van der Waals surface area contributed by atoms with E-state index >= 15 is 0 Å². The Morgan fingerprint density at radius 1 is 1.39 bits per heavy atom. The van der Waals surface area contributed by atoms with E-state index in [1.165, 1.54) is 0 Å². The Morgan fingerprint density at radius 3 is 2.78 bits per heavy atom. The summed E-state index contributed by atoms with van der Waals surface area (Å²) in [6.07, 6.45) is 2.97. The number of amides is 1. The van der Waals surface area contributed by atoms with Gasteiger partial charge < -0.3 is 18.9 Å². The van der Waals surface area contributed by atoms with E-state index < -0.39 is 6.10 Å². The maximum atomic E-state index is 12.9. The molecular formula is C17H21N3O3. The smallest absolute Gasteiger partial charge is 0.267 e. The molecule has 1 unspecified atom stereocenters. The van der Waals surface area contributed by atoms with Crippen molar-refractivity contribution >= 4 is 5.91 Å². The van der Waals surface area contributed by atoms with Crippen molar-refractivity contribution in [1.29, 1.82) is 0 Å². The predicted octanol–water partition coefficient (Wildman–Crippen LogP) is 2.00. The van der Waals surface area contributed by atoms with Crippen molar-refractivity contribution < 1.29 is 14.3 Å². The highest BCUT2D eigenvalue weighted by atomic mass is 16.6. The van der Waals surface area contributed by atoms with Crippen LogP contribution in [0.15, 0.2) is 36.7 Å². The zero-order valence-corrected chi connectivity index (χ0v) is 13.6. The van der Waals surface area contributed by atoms with Gasteiger partial charge in [0, 0.05) is 25.5 Å². The topological polar surface area (TPSA) is 56.6 Å². The molecule has 1 aliphatic rings. The number of rotatable bonds is 4. The van der Waals surface area contributed by atoms with E-state index in [1.807, 2.05) is 55.9 Å². The van der Waals surface area contributed by atoms with Crippen LogP contribution in [0.2, 0.25) is 0 Å². The average molecular weight is 315 g/mol. The minimum Gasteiger partial charge on any atom is -0.485 e. The first kappa shape index (κ1) is 15.4. The van der Waals surface area contributed by atoms with Crippen molar-refractivity contribution in [3.63, 3.8) is 0 Å². The molecule has 1 atom stereocenters. The molecule has 0 N–H and O–H groups in total. The number of aromatic nitrogens is 2. The van der Waals surface area contributed by atoms with Crippen molar-refractivity contribution in [3.8, 4) is 11.5 Å². The van der Waals surface area contributed by atoms with Crippen molar-refractivity contribution in [3.05, 3.63) is 42.5 Å². The predicted molar refractivity (Wildman–Crippen MR) is 85.2 cm³/mol. The maximum Gasteiger partial charge on any atom is 0.267 e. The summed E-state index contributed by atoms with van der Waals surface area (Å²) in [5.41, 5.74) is 0. The summed E-state index contributed by atoms with van der Waals surface area (Å²) in [7, 11) is 1.92. The van der Waals surface area contributed by atoms with Crippen LogP contribution < -0.4 is 9.47 Å². The van der Waals surface area contributed by atoms with Crippen LogP contribution in [-0.2, 0) is 18.4 Å². The number of nitrogens with zero attached hydrogens (tertiary/aromatic N) is 3. The van der Waals surface area contributed by atoms with Crippen LogP contribution in [0.3, 0.4) is 0 Å². The molecular weight excluding hydrogens is 294 g/mol. The second kappa shape index (κ2) is 6.32. The van der Waals surface area contributed by atoms with Gasteiger partial charge in [-0.05, 0) is 26.0 Å². The minimum absolute atomic E-state index is 0.0416. The van der Waals surface area contributed by atoms with E-state index in [2.05, 4.69) is 4.98 Å². The fourth-order valence-electron chi connectivity index (χ4n) is 2.54. The number of carbonyl (C=O) groups is 1. The van der Waals surface area contributed by atoms with Crippen LogP contribution in [0, 0.1) is 0 Å². The summed E-state index contributed by atoms with van der Waals surface area (Å²) < 4.78 is 13.4. The van der Waals surface area contributed by atoms with Gasteiger partial charge in [0.2, 0.25) is 6.10 Å². The first-order chi connectivity index (χ1) is 11.1. The highest BCUT2D eigenvalue weighted by molar-refractivity contribution is 5.82. The molecule has 0 saturated carbocycles. The third-order valence-electron chi connectivity index (χ3n) is 3.92. The first-order valence-electron chi connectivity index (χ1n) is 7.71. The third-order valence-corrected chi connectivity index (χ3v) is 3.92. The summed E-state index contributed by atoms with van der Waals surface area (Å²) >= 11 is 0. The van der Waals surface area contributed by atoms with Crippen LogP contribution in [0.4, 0.5) is 0 Å². The molecule has 3 rings (SSSR count). The lowest BCUT2D eigenvalue weighted by Gasteiger charge is -2.32. The van der Waals surface area contributed by atoms with E-state index in [1.54, 1.807) is 11.1 Å². The highest BCUT2D eigenvalue weighted by Crippen LogP contribution is 2.31. The van der Waals surface area contributed by atoms with Crippen molar-refractivity contribution in [2.45, 2.75) is 32.5 Å².